The van der Waals surface area contributed by atoms with Gasteiger partial charge in [0.15, 0.2) is 0 Å². The van der Waals surface area contributed by atoms with Crippen molar-refractivity contribution in [1.29, 1.82) is 0 Å². The number of carbonyl (C=O) groups is 3. The molecular formula is C30H33F3N6O6. The molecule has 15 heteroatoms. The van der Waals surface area contributed by atoms with E-state index in [9.17, 15) is 32.7 Å². The van der Waals surface area contributed by atoms with Gasteiger partial charge in [-0.3, -0.25) is 24.5 Å². The minimum atomic E-state index is -4.62. The number of methoxy groups -OCH3 is 1. The Bertz CT molecular complexity index is 1550. The Hall–Kier alpha value is -4.92. The molecule has 3 amide bonds. The first-order chi connectivity index (χ1) is 21.1. The van der Waals surface area contributed by atoms with Crippen LogP contribution in [0, 0.1) is 0 Å². The lowest BCUT2D eigenvalue weighted by molar-refractivity contribution is -0.137. The average molecular weight is 631 g/mol. The van der Waals surface area contributed by atoms with E-state index in [2.05, 4.69) is 25.9 Å². The lowest BCUT2D eigenvalue weighted by Gasteiger charge is -2.33. The van der Waals surface area contributed by atoms with E-state index in [-0.39, 0.29) is 54.6 Å². The second kappa shape index (κ2) is 13.0. The van der Waals surface area contributed by atoms with Crippen molar-refractivity contribution in [2.75, 3.05) is 30.5 Å². The number of anilines is 3. The molecule has 0 bridgehead atoms. The first kappa shape index (κ1) is 33.0. The highest BCUT2D eigenvalue weighted by Gasteiger charge is 2.44. The van der Waals surface area contributed by atoms with Gasteiger partial charge in [-0.05, 0) is 57.2 Å². The highest BCUT2D eigenvalue weighted by atomic mass is 19.4. The van der Waals surface area contributed by atoms with Crippen LogP contribution in [0.4, 0.5) is 35.0 Å². The number of alkyl halides is 3. The molecule has 1 atom stereocenters. The van der Waals surface area contributed by atoms with Crippen LogP contribution in [0.25, 0.3) is 0 Å². The molecule has 1 aromatic carbocycles. The molecule has 0 spiro atoms. The third kappa shape index (κ3) is 7.78. The van der Waals surface area contributed by atoms with Crippen molar-refractivity contribution >= 4 is 35.0 Å². The van der Waals surface area contributed by atoms with Crippen LogP contribution in [-0.2, 0) is 22.3 Å². The number of carbonyl (C=O) groups excluding carboxylic acids is 2. The lowest BCUT2D eigenvalue weighted by atomic mass is 9.96. The van der Waals surface area contributed by atoms with E-state index >= 15 is 0 Å². The molecule has 1 aliphatic rings. The average Bonchev–Trinajstić information content (AvgIpc) is 3.45. The fourth-order valence-corrected chi connectivity index (χ4v) is 4.74. The molecule has 1 unspecified atom stereocenters. The minimum absolute atomic E-state index is 0.0384. The van der Waals surface area contributed by atoms with Crippen molar-refractivity contribution in [3.63, 3.8) is 0 Å². The number of amides is 3. The number of carboxylic acid groups (broad SMARTS) is 1. The van der Waals surface area contributed by atoms with Gasteiger partial charge >= 0.3 is 12.3 Å². The van der Waals surface area contributed by atoms with E-state index in [0.29, 0.717) is 5.69 Å². The maximum Gasteiger partial charge on any atom is 0.418 e. The van der Waals surface area contributed by atoms with Gasteiger partial charge in [0.2, 0.25) is 5.91 Å². The summed E-state index contributed by atoms with van der Waals surface area (Å²) in [6.07, 6.45) is -1.72. The Balaban J connectivity index is 1.43. The maximum atomic E-state index is 13.6. The van der Waals surface area contributed by atoms with Crippen molar-refractivity contribution < 1.29 is 42.1 Å². The number of aromatic nitrogens is 2. The summed E-state index contributed by atoms with van der Waals surface area (Å²) in [6, 6.07) is 7.99. The first-order valence-electron chi connectivity index (χ1n) is 13.8. The quantitative estimate of drug-likeness (QED) is 0.263. The van der Waals surface area contributed by atoms with E-state index in [1.165, 1.54) is 56.0 Å². The summed E-state index contributed by atoms with van der Waals surface area (Å²) in [5, 5.41) is 17.9. The minimum Gasteiger partial charge on any atom is -0.497 e. The number of halogens is 3. The summed E-state index contributed by atoms with van der Waals surface area (Å²) >= 11 is 0. The summed E-state index contributed by atoms with van der Waals surface area (Å²) < 4.78 is 51.0. The van der Waals surface area contributed by atoms with Crippen LogP contribution >= 0.6 is 0 Å². The number of rotatable bonds is 9. The van der Waals surface area contributed by atoms with Gasteiger partial charge in [0.25, 0.3) is 5.91 Å². The van der Waals surface area contributed by atoms with E-state index in [1.54, 1.807) is 20.8 Å². The van der Waals surface area contributed by atoms with E-state index in [1.807, 2.05) is 0 Å². The number of pyridine rings is 2. The molecule has 4 rings (SSSR count). The molecule has 12 nitrogen and oxygen atoms in total. The number of nitrogens with one attached hydrogen (secondary N) is 3. The maximum absolute atomic E-state index is 13.6. The number of hydrogen-bond donors (Lipinski definition) is 4. The SMILES string of the molecule is COc1ccc(Nc2ccc(CNC(=O)C3(NC(=O)c4cncc(N(C(=O)O)C(C)(C)C)c4)CCOC3)nc2)c(C(F)(F)F)c1. The van der Waals surface area contributed by atoms with Crippen molar-refractivity contribution in [2.45, 2.75) is 51.0 Å². The van der Waals surface area contributed by atoms with E-state index in [0.717, 1.165) is 11.0 Å². The Morgan fingerprint density at radius 3 is 2.42 bits per heavy atom. The molecule has 0 saturated carbocycles. The third-order valence-electron chi connectivity index (χ3n) is 6.98. The lowest BCUT2D eigenvalue weighted by Crippen LogP contribution is -2.59. The van der Waals surface area contributed by atoms with E-state index in [4.69, 9.17) is 9.47 Å². The third-order valence-corrected chi connectivity index (χ3v) is 6.98. The number of hydrogen-bond acceptors (Lipinski definition) is 8. The predicted octanol–water partition coefficient (Wildman–Crippen LogP) is 4.74. The van der Waals surface area contributed by atoms with Gasteiger partial charge in [0.1, 0.15) is 11.3 Å². The zero-order valence-corrected chi connectivity index (χ0v) is 25.0. The zero-order chi connectivity index (χ0) is 33.0. The molecule has 4 N–H and O–H groups in total. The smallest absolute Gasteiger partial charge is 0.418 e. The molecule has 0 aliphatic carbocycles. The fraction of sp³-hybridized carbons (Fsp3) is 0.367. The number of nitrogens with zero attached hydrogens (tertiary/aromatic N) is 3. The van der Waals surface area contributed by atoms with Crippen LogP contribution in [0.1, 0.15) is 48.8 Å². The van der Waals surface area contributed by atoms with Crippen LogP contribution < -0.4 is 25.6 Å². The first-order valence-corrected chi connectivity index (χ1v) is 13.8. The van der Waals surface area contributed by atoms with Crippen molar-refractivity contribution in [2.24, 2.45) is 0 Å². The Kier molecular flexibility index (Phi) is 9.51. The predicted molar refractivity (Wildman–Crippen MR) is 157 cm³/mol. The van der Waals surface area contributed by atoms with E-state index < -0.39 is 40.7 Å². The molecule has 3 aromatic rings. The van der Waals surface area contributed by atoms with Crippen LogP contribution in [-0.4, -0.2) is 64.4 Å². The van der Waals surface area contributed by atoms with Crippen molar-refractivity contribution in [3.05, 3.63) is 71.8 Å². The zero-order valence-electron chi connectivity index (χ0n) is 25.0. The summed E-state index contributed by atoms with van der Waals surface area (Å²) in [5.41, 5.74) is -2.36. The normalized spacial score (nSPS) is 16.5. The van der Waals surface area contributed by atoms with Gasteiger partial charge in [-0.15, -0.1) is 0 Å². The Morgan fingerprint density at radius 2 is 1.84 bits per heavy atom. The van der Waals surface area contributed by atoms with Gasteiger partial charge in [-0.2, -0.15) is 13.2 Å². The number of ether oxygens (including phenoxy) is 2. The summed E-state index contributed by atoms with van der Waals surface area (Å²) in [4.78, 5) is 47.8. The molecule has 2 aromatic heterocycles. The molecular weight excluding hydrogens is 597 g/mol. The molecule has 1 aliphatic heterocycles. The Labute approximate surface area is 257 Å². The van der Waals surface area contributed by atoms with Gasteiger partial charge in [0, 0.05) is 24.8 Å². The standard InChI is InChI=1S/C30H33F3N6O6/c1-28(2,3)39(27(42)43)21-11-18(13-34-16-21)25(40)38-29(9-10-45-17-29)26(41)36-14-19-5-6-20(15-35-19)37-24-8-7-22(44-4)12-23(24)30(31,32)33/h5-8,11-13,15-16,37H,9-10,14,17H2,1-4H3,(H,36,41)(H,38,40)(H,42,43). The van der Waals surface area contributed by atoms with Crippen LogP contribution in [0.2, 0.25) is 0 Å². The van der Waals surface area contributed by atoms with Gasteiger partial charge in [0.05, 0.1) is 66.5 Å². The van der Waals surface area contributed by atoms with Crippen molar-refractivity contribution in [1.82, 2.24) is 20.6 Å². The summed E-state index contributed by atoms with van der Waals surface area (Å²) in [5.74, 6) is -1.11. The monoisotopic (exact) mass is 630 g/mol. The molecule has 1 saturated heterocycles. The molecule has 3 heterocycles. The molecule has 45 heavy (non-hydrogen) atoms. The van der Waals surface area contributed by atoms with Gasteiger partial charge in [-0.25, -0.2) is 4.79 Å². The molecule has 0 radical (unpaired) electrons. The molecule has 1 fully saturated rings. The largest absolute Gasteiger partial charge is 0.497 e. The fourth-order valence-electron chi connectivity index (χ4n) is 4.74. The van der Waals surface area contributed by atoms with Crippen molar-refractivity contribution in [3.8, 4) is 5.75 Å². The summed E-state index contributed by atoms with van der Waals surface area (Å²) in [6.45, 7) is 5.18. The highest BCUT2D eigenvalue weighted by molar-refractivity contribution is 6.00. The summed E-state index contributed by atoms with van der Waals surface area (Å²) in [7, 11) is 1.28. The molecule has 240 valence electrons. The Morgan fingerprint density at radius 1 is 1.09 bits per heavy atom. The van der Waals surface area contributed by atoms with Crippen LogP contribution in [0.5, 0.6) is 5.75 Å². The second-order valence-corrected chi connectivity index (χ2v) is 11.3. The topological polar surface area (TPSA) is 155 Å². The van der Waals surface area contributed by atoms with Gasteiger partial charge in [-0.1, -0.05) is 0 Å². The highest BCUT2D eigenvalue weighted by Crippen LogP contribution is 2.38. The number of benzene rings is 1. The second-order valence-electron chi connectivity index (χ2n) is 11.3. The van der Waals surface area contributed by atoms with Crippen LogP contribution in [0.15, 0.2) is 55.0 Å². The van der Waals surface area contributed by atoms with Gasteiger partial charge < -0.3 is 30.5 Å². The van der Waals surface area contributed by atoms with Crippen LogP contribution in [0.3, 0.4) is 0 Å².